The van der Waals surface area contributed by atoms with Gasteiger partial charge in [-0.1, -0.05) is 60.7 Å². The minimum absolute atomic E-state index is 1.27. The molecule has 0 saturated carbocycles. The molecular weight excluding hydrogens is 422 g/mol. The van der Waals surface area contributed by atoms with Gasteiger partial charge in [-0.05, 0) is 56.3 Å². The fraction of sp³-hybridized carbons (Fsp3) is 0. The predicted octanol–water partition coefficient (Wildman–Crippen LogP) is 5.27. The van der Waals surface area contributed by atoms with Crippen molar-refractivity contribution in [1.82, 2.24) is 0 Å². The number of benzene rings is 2. The Morgan fingerprint density at radius 2 is 1.00 bits per heavy atom. The highest BCUT2D eigenvalue weighted by atomic mass is 127. The summed E-state index contributed by atoms with van der Waals surface area (Å²) in [4.78, 5) is 0. The summed E-state index contributed by atoms with van der Waals surface area (Å²) in [7, 11) is 0. The van der Waals surface area contributed by atoms with Crippen LogP contribution in [0.5, 0.6) is 0 Å². The monoisotopic (exact) mass is 432 g/mol. The highest BCUT2D eigenvalue weighted by molar-refractivity contribution is 14.2. The highest BCUT2D eigenvalue weighted by Crippen LogP contribution is 2.33. The summed E-state index contributed by atoms with van der Waals surface area (Å²) < 4.78 is 1.28. The molecule has 0 N–H and O–H groups in total. The van der Waals surface area contributed by atoms with Gasteiger partial charge in [-0.3, -0.25) is 0 Å². The molecule has 0 fully saturated rings. The van der Waals surface area contributed by atoms with Gasteiger partial charge in [0.15, 0.2) is 0 Å². The second-order valence-corrected chi connectivity index (χ2v) is 7.59. The molecule has 0 bridgehead atoms. The molecule has 0 saturated heterocycles. The van der Waals surface area contributed by atoms with Crippen LogP contribution in [0.3, 0.4) is 0 Å². The molecule has 2 aromatic rings. The summed E-state index contributed by atoms with van der Waals surface area (Å²) in [6.07, 6.45) is 0. The second kappa shape index (κ2) is 5.82. The summed E-state index contributed by atoms with van der Waals surface area (Å²) in [5.74, 6) is 0. The molecule has 2 heteroatoms. The zero-order chi connectivity index (χ0) is 11.4. The third-order valence-electron chi connectivity index (χ3n) is 2.31. The van der Waals surface area contributed by atoms with Gasteiger partial charge in [-0.25, -0.2) is 0 Å². The van der Waals surface area contributed by atoms with E-state index in [1.165, 1.54) is 18.3 Å². The Hall–Kier alpha value is -0.360. The first-order chi connectivity index (χ1) is 7.79. The van der Waals surface area contributed by atoms with Gasteiger partial charge in [0.05, 0.1) is 1.59 Å². The van der Waals surface area contributed by atoms with Crippen LogP contribution < -0.4 is 0 Å². The van der Waals surface area contributed by atoms with Crippen molar-refractivity contribution in [2.24, 2.45) is 0 Å². The molecule has 0 aromatic heterocycles. The molecule has 0 atom stereocenters. The van der Waals surface area contributed by atoms with Crippen LogP contribution in [0.4, 0.5) is 0 Å². The topological polar surface area (TPSA) is 0 Å². The Morgan fingerprint density at radius 1 is 0.625 bits per heavy atom. The molecule has 0 unspecified atom stereocenters. The normalized spacial score (nSPS) is 9.88. The maximum Gasteiger partial charge on any atom is 0.0598 e. The number of hydrogen-bond acceptors (Lipinski definition) is 0. The molecule has 80 valence electrons. The highest BCUT2D eigenvalue weighted by Gasteiger charge is 2.07. The lowest BCUT2D eigenvalue weighted by Crippen LogP contribution is -1.87. The van der Waals surface area contributed by atoms with E-state index in [0.29, 0.717) is 0 Å². The van der Waals surface area contributed by atoms with Crippen molar-refractivity contribution in [2.45, 2.75) is 0 Å². The average molecular weight is 432 g/mol. The first kappa shape index (κ1) is 12.1. The molecule has 0 aliphatic rings. The lowest BCUT2D eigenvalue weighted by Gasteiger charge is -2.08. The summed E-state index contributed by atoms with van der Waals surface area (Å²) in [5.41, 5.74) is 3.85. The molecule has 0 heterocycles. The smallest absolute Gasteiger partial charge is 0.0598 e. The van der Waals surface area contributed by atoms with Crippen LogP contribution in [0.1, 0.15) is 11.1 Å². The zero-order valence-corrected chi connectivity index (χ0v) is 12.8. The van der Waals surface area contributed by atoms with Crippen molar-refractivity contribution < 1.29 is 0 Å². The number of halogens is 2. The SMILES string of the molecule is IC(I)=C(c1ccccc1)c1ccccc1. The first-order valence-corrected chi connectivity index (χ1v) is 7.11. The van der Waals surface area contributed by atoms with Gasteiger partial charge in [0.2, 0.25) is 0 Å². The Morgan fingerprint density at radius 3 is 1.31 bits per heavy atom. The van der Waals surface area contributed by atoms with Crippen LogP contribution >= 0.6 is 45.2 Å². The first-order valence-electron chi connectivity index (χ1n) is 4.95. The van der Waals surface area contributed by atoms with E-state index in [2.05, 4.69) is 93.7 Å². The van der Waals surface area contributed by atoms with E-state index in [9.17, 15) is 0 Å². The van der Waals surface area contributed by atoms with Crippen LogP contribution in [-0.4, -0.2) is 0 Å². The van der Waals surface area contributed by atoms with Gasteiger partial charge < -0.3 is 0 Å². The maximum atomic E-state index is 2.38. The van der Waals surface area contributed by atoms with Crippen LogP contribution in [0.15, 0.2) is 62.3 Å². The molecule has 16 heavy (non-hydrogen) atoms. The fourth-order valence-electron chi connectivity index (χ4n) is 1.59. The van der Waals surface area contributed by atoms with Crippen molar-refractivity contribution >= 4 is 50.8 Å². The minimum Gasteiger partial charge on any atom is -0.0622 e. The molecule has 0 nitrogen and oxygen atoms in total. The van der Waals surface area contributed by atoms with Crippen LogP contribution in [0, 0.1) is 0 Å². The Labute approximate surface area is 123 Å². The summed E-state index contributed by atoms with van der Waals surface area (Å²) in [6, 6.07) is 21.0. The molecule has 0 spiro atoms. The summed E-state index contributed by atoms with van der Waals surface area (Å²) in [5, 5.41) is 0. The average Bonchev–Trinajstić information content (AvgIpc) is 2.31. The van der Waals surface area contributed by atoms with E-state index in [-0.39, 0.29) is 0 Å². The number of rotatable bonds is 2. The van der Waals surface area contributed by atoms with Crippen molar-refractivity contribution in [1.29, 1.82) is 0 Å². The molecule has 0 aliphatic carbocycles. The van der Waals surface area contributed by atoms with Crippen molar-refractivity contribution in [3.63, 3.8) is 0 Å². The van der Waals surface area contributed by atoms with E-state index < -0.39 is 0 Å². The van der Waals surface area contributed by atoms with Crippen molar-refractivity contribution in [3.05, 3.63) is 73.4 Å². The quantitative estimate of drug-likeness (QED) is 0.568. The van der Waals surface area contributed by atoms with E-state index in [1.807, 2.05) is 12.1 Å². The van der Waals surface area contributed by atoms with Gasteiger partial charge in [-0.2, -0.15) is 0 Å². The van der Waals surface area contributed by atoms with E-state index in [4.69, 9.17) is 0 Å². The van der Waals surface area contributed by atoms with Gasteiger partial charge in [-0.15, -0.1) is 0 Å². The summed E-state index contributed by atoms with van der Waals surface area (Å²) >= 11 is 4.76. The molecule has 0 amide bonds. The summed E-state index contributed by atoms with van der Waals surface area (Å²) in [6.45, 7) is 0. The van der Waals surface area contributed by atoms with Gasteiger partial charge in [0.25, 0.3) is 0 Å². The van der Waals surface area contributed by atoms with Gasteiger partial charge >= 0.3 is 0 Å². The molecule has 0 radical (unpaired) electrons. The molecule has 2 aromatic carbocycles. The second-order valence-electron chi connectivity index (χ2n) is 3.37. The minimum atomic E-state index is 1.27. The lowest BCUT2D eigenvalue weighted by atomic mass is 10.00. The molecular formula is C14H10I2. The third kappa shape index (κ3) is 2.85. The van der Waals surface area contributed by atoms with Crippen molar-refractivity contribution in [3.8, 4) is 0 Å². The fourth-order valence-corrected chi connectivity index (χ4v) is 2.84. The predicted molar refractivity (Wildman–Crippen MR) is 86.9 cm³/mol. The van der Waals surface area contributed by atoms with E-state index in [0.717, 1.165) is 0 Å². The van der Waals surface area contributed by atoms with Crippen LogP contribution in [0.2, 0.25) is 0 Å². The van der Waals surface area contributed by atoms with Crippen LogP contribution in [0.25, 0.3) is 5.57 Å². The zero-order valence-electron chi connectivity index (χ0n) is 8.53. The number of hydrogen-bond donors (Lipinski definition) is 0. The Bertz CT molecular complexity index is 441. The van der Waals surface area contributed by atoms with Gasteiger partial charge in [0, 0.05) is 5.57 Å². The Kier molecular flexibility index (Phi) is 4.40. The van der Waals surface area contributed by atoms with Crippen LogP contribution in [-0.2, 0) is 0 Å². The third-order valence-corrected chi connectivity index (χ3v) is 3.39. The standard InChI is InChI=1S/C14H10I2/c15-14(16)13(11-7-3-1-4-8-11)12-9-5-2-6-10-12/h1-10H. The van der Waals surface area contributed by atoms with E-state index in [1.54, 1.807) is 0 Å². The molecule has 0 aliphatic heterocycles. The largest absolute Gasteiger partial charge is 0.0622 e. The lowest BCUT2D eigenvalue weighted by molar-refractivity contribution is 1.56. The maximum absolute atomic E-state index is 2.38. The van der Waals surface area contributed by atoms with Crippen molar-refractivity contribution in [2.75, 3.05) is 0 Å². The molecule has 2 rings (SSSR count). The van der Waals surface area contributed by atoms with Gasteiger partial charge in [0.1, 0.15) is 0 Å². The Balaban J connectivity index is 2.54. The van der Waals surface area contributed by atoms with E-state index >= 15 is 0 Å².